The van der Waals surface area contributed by atoms with E-state index >= 15 is 0 Å². The topological polar surface area (TPSA) is 52.1 Å². The third-order valence-corrected chi connectivity index (χ3v) is 4.07. The second kappa shape index (κ2) is 11.7. The molecule has 1 rings (SSSR count). The van der Waals surface area contributed by atoms with E-state index in [0.717, 1.165) is 32.2 Å². The van der Waals surface area contributed by atoms with E-state index in [9.17, 15) is 0 Å². The molecule has 6 nitrogen and oxygen atoms in total. The van der Waals surface area contributed by atoms with Gasteiger partial charge in [0.15, 0.2) is 5.96 Å². The zero-order valence-electron chi connectivity index (χ0n) is 14.9. The van der Waals surface area contributed by atoms with Gasteiger partial charge >= 0.3 is 0 Å². The molecule has 0 aromatic heterocycles. The first-order valence-electron chi connectivity index (χ1n) is 8.66. The molecule has 2 N–H and O–H groups in total. The predicted octanol–water partition coefficient (Wildman–Crippen LogP) is 0.462. The van der Waals surface area contributed by atoms with Crippen molar-refractivity contribution in [3.63, 3.8) is 0 Å². The van der Waals surface area contributed by atoms with Gasteiger partial charge in [-0.15, -0.1) is 0 Å². The Morgan fingerprint density at radius 2 is 1.82 bits per heavy atom. The van der Waals surface area contributed by atoms with Crippen molar-refractivity contribution in [1.29, 1.82) is 0 Å². The number of ether oxygens (including phenoxy) is 1. The van der Waals surface area contributed by atoms with Crippen molar-refractivity contribution in [2.45, 2.75) is 20.8 Å². The van der Waals surface area contributed by atoms with Crippen molar-refractivity contribution < 1.29 is 4.74 Å². The van der Waals surface area contributed by atoms with Crippen LogP contribution >= 0.6 is 0 Å². The van der Waals surface area contributed by atoms with E-state index in [1.807, 2.05) is 14.0 Å². The molecule has 1 unspecified atom stereocenters. The van der Waals surface area contributed by atoms with E-state index in [4.69, 9.17) is 4.74 Å². The van der Waals surface area contributed by atoms with Crippen molar-refractivity contribution in [3.8, 4) is 0 Å². The van der Waals surface area contributed by atoms with E-state index in [2.05, 4.69) is 39.3 Å². The minimum atomic E-state index is 0.610. The summed E-state index contributed by atoms with van der Waals surface area (Å²) >= 11 is 0. The van der Waals surface area contributed by atoms with Crippen molar-refractivity contribution in [2.24, 2.45) is 10.9 Å². The predicted molar refractivity (Wildman–Crippen MR) is 93.6 cm³/mol. The highest BCUT2D eigenvalue weighted by molar-refractivity contribution is 5.79. The number of piperazine rings is 1. The maximum absolute atomic E-state index is 5.32. The normalized spacial score (nSPS) is 19.2. The first-order chi connectivity index (χ1) is 10.7. The van der Waals surface area contributed by atoms with Crippen LogP contribution in [0.1, 0.15) is 20.8 Å². The summed E-state index contributed by atoms with van der Waals surface area (Å²) in [5.74, 6) is 1.47. The molecule has 0 radical (unpaired) electrons. The van der Waals surface area contributed by atoms with Crippen LogP contribution in [0, 0.1) is 5.92 Å². The molecule has 1 aliphatic rings. The van der Waals surface area contributed by atoms with Crippen molar-refractivity contribution in [1.82, 2.24) is 20.4 Å². The molecule has 130 valence electrons. The first-order valence-corrected chi connectivity index (χ1v) is 8.66. The van der Waals surface area contributed by atoms with Crippen molar-refractivity contribution in [2.75, 3.05) is 72.6 Å². The van der Waals surface area contributed by atoms with Crippen LogP contribution in [0.3, 0.4) is 0 Å². The molecule has 1 aliphatic heterocycles. The number of guanidine groups is 1. The standard InChI is InChI=1S/C16H35N5O/c1-5-20-8-10-21(11-9-20)14-15(3)13-19-16(17-4)18-7-12-22-6-2/h15H,5-14H2,1-4H3,(H2,17,18,19). The molecule has 0 aromatic rings. The second-order valence-corrected chi connectivity index (χ2v) is 5.92. The molecular weight excluding hydrogens is 278 g/mol. The Morgan fingerprint density at radius 1 is 1.14 bits per heavy atom. The zero-order valence-corrected chi connectivity index (χ0v) is 14.9. The van der Waals surface area contributed by atoms with Gasteiger partial charge in [-0.1, -0.05) is 13.8 Å². The maximum Gasteiger partial charge on any atom is 0.191 e. The van der Waals surface area contributed by atoms with E-state index in [1.54, 1.807) is 0 Å². The highest BCUT2D eigenvalue weighted by atomic mass is 16.5. The van der Waals surface area contributed by atoms with Crippen LogP contribution in [-0.4, -0.2) is 88.4 Å². The lowest BCUT2D eigenvalue weighted by Gasteiger charge is -2.35. The Kier molecular flexibility index (Phi) is 10.2. The molecule has 22 heavy (non-hydrogen) atoms. The van der Waals surface area contributed by atoms with Crippen LogP contribution in [-0.2, 0) is 4.74 Å². The average molecular weight is 313 g/mol. The summed E-state index contributed by atoms with van der Waals surface area (Å²) in [6, 6.07) is 0. The maximum atomic E-state index is 5.32. The van der Waals surface area contributed by atoms with Crippen molar-refractivity contribution in [3.05, 3.63) is 0 Å². The lowest BCUT2D eigenvalue weighted by molar-refractivity contribution is 0.124. The molecule has 0 spiro atoms. The number of aliphatic imine (C=N–C) groups is 1. The van der Waals surface area contributed by atoms with E-state index in [-0.39, 0.29) is 0 Å². The number of nitrogens with one attached hydrogen (secondary N) is 2. The number of hydrogen-bond acceptors (Lipinski definition) is 4. The van der Waals surface area contributed by atoms with E-state index in [0.29, 0.717) is 12.5 Å². The monoisotopic (exact) mass is 313 g/mol. The van der Waals surface area contributed by atoms with Gasteiger partial charge in [0.2, 0.25) is 0 Å². The van der Waals surface area contributed by atoms with Crippen LogP contribution in [0.5, 0.6) is 0 Å². The number of hydrogen-bond donors (Lipinski definition) is 2. The summed E-state index contributed by atoms with van der Waals surface area (Å²) in [6.45, 7) is 16.9. The van der Waals surface area contributed by atoms with Gasteiger partial charge in [-0.05, 0) is 19.4 Å². The van der Waals surface area contributed by atoms with Crippen LogP contribution in [0.2, 0.25) is 0 Å². The molecule has 0 amide bonds. The largest absolute Gasteiger partial charge is 0.380 e. The lowest BCUT2D eigenvalue weighted by atomic mass is 10.1. The van der Waals surface area contributed by atoms with E-state index < -0.39 is 0 Å². The highest BCUT2D eigenvalue weighted by Crippen LogP contribution is 2.04. The van der Waals surface area contributed by atoms with Crippen LogP contribution in [0.4, 0.5) is 0 Å². The number of nitrogens with zero attached hydrogens (tertiary/aromatic N) is 3. The summed E-state index contributed by atoms with van der Waals surface area (Å²) in [6.07, 6.45) is 0. The summed E-state index contributed by atoms with van der Waals surface area (Å²) in [7, 11) is 1.81. The molecular formula is C16H35N5O. The number of rotatable bonds is 9. The highest BCUT2D eigenvalue weighted by Gasteiger charge is 2.17. The Labute approximate surface area is 136 Å². The molecule has 0 aromatic carbocycles. The minimum Gasteiger partial charge on any atom is -0.380 e. The Hall–Kier alpha value is -0.850. The van der Waals surface area contributed by atoms with Gasteiger partial charge in [0.1, 0.15) is 0 Å². The fraction of sp³-hybridized carbons (Fsp3) is 0.938. The molecule has 6 heteroatoms. The molecule has 1 saturated heterocycles. The second-order valence-electron chi connectivity index (χ2n) is 5.92. The van der Waals surface area contributed by atoms with Gasteiger partial charge < -0.3 is 25.2 Å². The van der Waals surface area contributed by atoms with Gasteiger partial charge in [0.05, 0.1) is 6.61 Å². The summed E-state index contributed by atoms with van der Waals surface area (Å²) in [5.41, 5.74) is 0. The van der Waals surface area contributed by atoms with Crippen molar-refractivity contribution >= 4 is 5.96 Å². The fourth-order valence-corrected chi connectivity index (χ4v) is 2.67. The van der Waals surface area contributed by atoms with Crippen LogP contribution in [0.25, 0.3) is 0 Å². The van der Waals surface area contributed by atoms with Crippen LogP contribution in [0.15, 0.2) is 4.99 Å². The molecule has 0 saturated carbocycles. The molecule has 0 aliphatic carbocycles. The Balaban J connectivity index is 2.14. The third-order valence-electron chi connectivity index (χ3n) is 4.07. The van der Waals surface area contributed by atoms with Gasteiger partial charge in [-0.25, -0.2) is 0 Å². The summed E-state index contributed by atoms with van der Waals surface area (Å²) in [5, 5.41) is 6.67. The SMILES string of the molecule is CCOCCNC(=NC)NCC(C)CN1CCN(CC)CC1. The molecule has 1 heterocycles. The quantitative estimate of drug-likeness (QED) is 0.368. The number of likely N-dealkylation sites (N-methyl/N-ethyl adjacent to an activating group) is 1. The van der Waals surface area contributed by atoms with Gasteiger partial charge in [0, 0.05) is 59.5 Å². The fourth-order valence-electron chi connectivity index (χ4n) is 2.67. The summed E-state index contributed by atoms with van der Waals surface area (Å²) < 4.78 is 5.32. The lowest BCUT2D eigenvalue weighted by Crippen LogP contribution is -2.48. The molecule has 1 atom stereocenters. The summed E-state index contributed by atoms with van der Waals surface area (Å²) in [4.78, 5) is 9.33. The van der Waals surface area contributed by atoms with Gasteiger partial charge in [-0.2, -0.15) is 0 Å². The average Bonchev–Trinajstić information content (AvgIpc) is 2.55. The van der Waals surface area contributed by atoms with Crippen LogP contribution < -0.4 is 10.6 Å². The molecule has 1 fully saturated rings. The van der Waals surface area contributed by atoms with E-state index in [1.165, 1.54) is 32.7 Å². The third kappa shape index (κ3) is 7.96. The van der Waals surface area contributed by atoms with Gasteiger partial charge in [-0.3, -0.25) is 4.99 Å². The smallest absolute Gasteiger partial charge is 0.191 e. The van der Waals surface area contributed by atoms with Gasteiger partial charge in [0.25, 0.3) is 0 Å². The molecule has 0 bridgehead atoms. The Morgan fingerprint density at radius 3 is 2.41 bits per heavy atom. The zero-order chi connectivity index (χ0) is 16.2. The first kappa shape index (κ1) is 19.2. The Bertz CT molecular complexity index is 303. The minimum absolute atomic E-state index is 0.610.